The molecule has 2 rings (SSSR count). The quantitative estimate of drug-likeness (QED) is 0.901. The molecule has 0 saturated heterocycles. The average molecular weight is 347 g/mol. The summed E-state index contributed by atoms with van der Waals surface area (Å²) in [7, 11) is -3.80. The Kier molecular flexibility index (Phi) is 3.98. The maximum absolute atomic E-state index is 12.4. The van der Waals surface area contributed by atoms with Crippen molar-refractivity contribution in [2.24, 2.45) is 5.14 Å². The van der Waals surface area contributed by atoms with E-state index in [9.17, 15) is 13.2 Å². The third-order valence-corrected chi connectivity index (χ3v) is 4.69. The number of nitrogens with two attached hydrogens (primary N) is 1. The van der Waals surface area contributed by atoms with Crippen molar-refractivity contribution in [2.45, 2.75) is 30.7 Å². The van der Waals surface area contributed by atoms with E-state index in [4.69, 9.17) is 5.14 Å². The maximum atomic E-state index is 12.4. The van der Waals surface area contributed by atoms with Crippen LogP contribution in [-0.4, -0.2) is 31.8 Å². The molecule has 1 amide bonds. The fourth-order valence-corrected chi connectivity index (χ4v) is 2.91. The smallest absolute Gasteiger partial charge is 0.255 e. The first-order chi connectivity index (χ1) is 8.84. The lowest BCUT2D eigenvalue weighted by Gasteiger charge is -2.21. The summed E-state index contributed by atoms with van der Waals surface area (Å²) in [6.07, 6.45) is 2.01. The van der Waals surface area contributed by atoms with Gasteiger partial charge in [0.05, 0.1) is 10.5 Å². The number of amides is 1. The first-order valence-electron chi connectivity index (χ1n) is 5.98. The van der Waals surface area contributed by atoms with E-state index in [2.05, 4.69) is 15.9 Å². The Labute approximate surface area is 121 Å². The molecule has 104 valence electrons. The van der Waals surface area contributed by atoms with Crippen LogP contribution in [0.5, 0.6) is 0 Å². The largest absolute Gasteiger partial charge is 0.336 e. The van der Waals surface area contributed by atoms with E-state index in [-0.39, 0.29) is 16.8 Å². The van der Waals surface area contributed by atoms with Crippen LogP contribution in [0.4, 0.5) is 0 Å². The van der Waals surface area contributed by atoms with Crippen LogP contribution in [0.2, 0.25) is 0 Å². The van der Waals surface area contributed by atoms with E-state index in [1.54, 1.807) is 4.90 Å². The SMILES string of the molecule is CCN(C(=O)c1cc(S(N)(=O)=O)ccc1Br)C1CC1. The topological polar surface area (TPSA) is 80.5 Å². The summed E-state index contributed by atoms with van der Waals surface area (Å²) < 4.78 is 23.3. The van der Waals surface area contributed by atoms with Crippen LogP contribution < -0.4 is 5.14 Å². The summed E-state index contributed by atoms with van der Waals surface area (Å²) in [5.74, 6) is -0.164. The Hall–Kier alpha value is -0.920. The molecular weight excluding hydrogens is 332 g/mol. The van der Waals surface area contributed by atoms with Gasteiger partial charge in [-0.25, -0.2) is 13.6 Å². The van der Waals surface area contributed by atoms with Gasteiger partial charge < -0.3 is 4.90 Å². The van der Waals surface area contributed by atoms with Crippen molar-refractivity contribution in [3.63, 3.8) is 0 Å². The zero-order valence-electron chi connectivity index (χ0n) is 10.5. The molecule has 2 N–H and O–H groups in total. The van der Waals surface area contributed by atoms with Gasteiger partial charge in [-0.1, -0.05) is 0 Å². The molecule has 0 spiro atoms. The third-order valence-electron chi connectivity index (χ3n) is 3.09. The Morgan fingerprint density at radius 1 is 1.47 bits per heavy atom. The summed E-state index contributed by atoms with van der Waals surface area (Å²) in [4.78, 5) is 14.1. The molecule has 0 aliphatic heterocycles. The van der Waals surface area contributed by atoms with Gasteiger partial charge in [-0.3, -0.25) is 4.79 Å². The lowest BCUT2D eigenvalue weighted by molar-refractivity contribution is 0.0751. The molecule has 0 heterocycles. The number of halogens is 1. The lowest BCUT2D eigenvalue weighted by atomic mass is 10.2. The highest BCUT2D eigenvalue weighted by atomic mass is 79.9. The van der Waals surface area contributed by atoms with Gasteiger partial charge in [0.2, 0.25) is 10.0 Å². The molecule has 0 aromatic heterocycles. The highest BCUT2D eigenvalue weighted by Gasteiger charge is 2.32. The molecule has 1 fully saturated rings. The van der Waals surface area contributed by atoms with Gasteiger partial charge in [-0.15, -0.1) is 0 Å². The Morgan fingerprint density at radius 2 is 2.11 bits per heavy atom. The average Bonchev–Trinajstić information content (AvgIpc) is 3.13. The molecule has 1 saturated carbocycles. The van der Waals surface area contributed by atoms with Crippen molar-refractivity contribution in [3.8, 4) is 0 Å². The molecule has 0 radical (unpaired) electrons. The molecule has 0 unspecified atom stereocenters. The second-order valence-corrected chi connectivity index (χ2v) is 6.92. The van der Waals surface area contributed by atoms with Gasteiger partial charge in [-0.2, -0.15) is 0 Å². The highest BCUT2D eigenvalue weighted by molar-refractivity contribution is 9.10. The molecule has 0 atom stereocenters. The van der Waals surface area contributed by atoms with Crippen LogP contribution in [-0.2, 0) is 10.0 Å². The van der Waals surface area contributed by atoms with Crippen LogP contribution in [0.25, 0.3) is 0 Å². The van der Waals surface area contributed by atoms with Crippen molar-refractivity contribution in [1.29, 1.82) is 0 Å². The Bertz CT molecular complexity index is 611. The Morgan fingerprint density at radius 3 is 2.58 bits per heavy atom. The minimum atomic E-state index is -3.80. The summed E-state index contributed by atoms with van der Waals surface area (Å²) >= 11 is 3.28. The van der Waals surface area contributed by atoms with E-state index in [1.165, 1.54) is 18.2 Å². The molecule has 5 nitrogen and oxygen atoms in total. The number of nitrogens with zero attached hydrogens (tertiary/aromatic N) is 1. The number of carbonyl (C=O) groups is 1. The molecule has 1 aliphatic carbocycles. The first kappa shape index (κ1) is 14.5. The van der Waals surface area contributed by atoms with Crippen LogP contribution in [0, 0.1) is 0 Å². The van der Waals surface area contributed by atoms with Crippen LogP contribution >= 0.6 is 15.9 Å². The van der Waals surface area contributed by atoms with Gasteiger partial charge in [0.1, 0.15) is 0 Å². The molecule has 1 aromatic carbocycles. The van der Waals surface area contributed by atoms with Crippen LogP contribution in [0.1, 0.15) is 30.1 Å². The number of sulfonamides is 1. The van der Waals surface area contributed by atoms with E-state index < -0.39 is 10.0 Å². The third kappa shape index (κ3) is 3.16. The minimum Gasteiger partial charge on any atom is -0.336 e. The predicted molar refractivity (Wildman–Crippen MR) is 75.2 cm³/mol. The van der Waals surface area contributed by atoms with Crippen LogP contribution in [0.15, 0.2) is 27.6 Å². The standard InChI is InChI=1S/C12H15BrN2O3S/c1-2-15(8-3-4-8)12(16)10-7-9(19(14,17)18)5-6-11(10)13/h5-8H,2-4H2,1H3,(H2,14,17,18). The Balaban J connectivity index is 2.40. The molecule has 7 heteroatoms. The lowest BCUT2D eigenvalue weighted by Crippen LogP contribution is -2.33. The normalized spacial score (nSPS) is 15.3. The van der Waals surface area contributed by atoms with Crippen molar-refractivity contribution in [2.75, 3.05) is 6.54 Å². The first-order valence-corrected chi connectivity index (χ1v) is 8.32. The summed E-state index contributed by atoms with van der Waals surface area (Å²) in [6, 6.07) is 4.52. The summed E-state index contributed by atoms with van der Waals surface area (Å²) in [5, 5.41) is 5.09. The van der Waals surface area contributed by atoms with E-state index in [0.717, 1.165) is 12.8 Å². The fraction of sp³-hybridized carbons (Fsp3) is 0.417. The molecule has 19 heavy (non-hydrogen) atoms. The van der Waals surface area contributed by atoms with Gasteiger partial charge in [0, 0.05) is 17.1 Å². The van der Waals surface area contributed by atoms with Crippen molar-refractivity contribution >= 4 is 31.9 Å². The van der Waals surface area contributed by atoms with Crippen molar-refractivity contribution in [1.82, 2.24) is 4.90 Å². The molecular formula is C12H15BrN2O3S. The second-order valence-electron chi connectivity index (χ2n) is 4.51. The number of rotatable bonds is 4. The number of carbonyl (C=O) groups excluding carboxylic acids is 1. The van der Waals surface area contributed by atoms with Crippen LogP contribution in [0.3, 0.4) is 0 Å². The minimum absolute atomic E-state index is 0.0501. The monoisotopic (exact) mass is 346 g/mol. The number of hydrogen-bond acceptors (Lipinski definition) is 3. The summed E-state index contributed by atoms with van der Waals surface area (Å²) in [6.45, 7) is 2.52. The van der Waals surface area contributed by atoms with Crippen molar-refractivity contribution < 1.29 is 13.2 Å². The van der Waals surface area contributed by atoms with E-state index in [1.807, 2.05) is 6.92 Å². The van der Waals surface area contributed by atoms with Gasteiger partial charge in [0.25, 0.3) is 5.91 Å². The molecule has 1 aromatic rings. The molecule has 0 bridgehead atoms. The molecule has 1 aliphatic rings. The summed E-state index contributed by atoms with van der Waals surface area (Å²) in [5.41, 5.74) is 0.334. The number of primary sulfonamides is 1. The zero-order valence-corrected chi connectivity index (χ0v) is 12.9. The van der Waals surface area contributed by atoms with Crippen molar-refractivity contribution in [3.05, 3.63) is 28.2 Å². The highest BCUT2D eigenvalue weighted by Crippen LogP contribution is 2.30. The van der Waals surface area contributed by atoms with Gasteiger partial charge in [0.15, 0.2) is 0 Å². The van der Waals surface area contributed by atoms with Gasteiger partial charge >= 0.3 is 0 Å². The maximum Gasteiger partial charge on any atom is 0.255 e. The number of benzene rings is 1. The predicted octanol–water partition coefficient (Wildman–Crippen LogP) is 1.72. The zero-order chi connectivity index (χ0) is 14.2. The second kappa shape index (κ2) is 5.22. The van der Waals surface area contributed by atoms with E-state index in [0.29, 0.717) is 16.6 Å². The fourth-order valence-electron chi connectivity index (χ4n) is 1.95. The number of hydrogen-bond donors (Lipinski definition) is 1. The van der Waals surface area contributed by atoms with E-state index >= 15 is 0 Å². The van der Waals surface area contributed by atoms with Gasteiger partial charge in [-0.05, 0) is 53.9 Å².